The van der Waals surface area contributed by atoms with Crippen LogP contribution in [0, 0.1) is 0 Å². The Morgan fingerprint density at radius 1 is 1.24 bits per heavy atom. The summed E-state index contributed by atoms with van der Waals surface area (Å²) in [5.74, 6) is 0. The van der Waals surface area contributed by atoms with Gasteiger partial charge in [-0.15, -0.1) is 11.3 Å². The van der Waals surface area contributed by atoms with Crippen LogP contribution in [0.5, 0.6) is 0 Å². The molecule has 4 nitrogen and oxygen atoms in total. The highest BCUT2D eigenvalue weighted by atomic mass is 79.9. The minimum Gasteiger partial charge on any atom is -0.309 e. The van der Waals surface area contributed by atoms with Gasteiger partial charge in [0.1, 0.15) is 4.21 Å². The molecule has 0 bridgehead atoms. The van der Waals surface area contributed by atoms with E-state index < -0.39 is 10.0 Å². The molecule has 0 aliphatic heterocycles. The van der Waals surface area contributed by atoms with E-state index in [4.69, 9.17) is 0 Å². The van der Waals surface area contributed by atoms with Gasteiger partial charge >= 0.3 is 0 Å². The summed E-state index contributed by atoms with van der Waals surface area (Å²) in [5.41, 5.74) is 0. The summed E-state index contributed by atoms with van der Waals surface area (Å²) in [6.45, 7) is 1.42. The lowest BCUT2D eigenvalue weighted by atomic mass is 10.4. The molecule has 1 heterocycles. The van der Waals surface area contributed by atoms with E-state index in [2.05, 4.69) is 15.9 Å². The van der Waals surface area contributed by atoms with Crippen molar-refractivity contribution >= 4 is 37.3 Å². The third kappa shape index (κ3) is 4.33. The molecule has 17 heavy (non-hydrogen) atoms. The van der Waals surface area contributed by atoms with Crippen LogP contribution in [-0.2, 0) is 10.0 Å². The molecule has 0 aromatic carbocycles. The maximum atomic E-state index is 12.1. The molecule has 98 valence electrons. The van der Waals surface area contributed by atoms with Crippen LogP contribution in [0.3, 0.4) is 0 Å². The predicted octanol–water partition coefficient (Wildman–Crippen LogP) is 2.08. The molecule has 0 fully saturated rings. The minimum atomic E-state index is -3.31. The van der Waals surface area contributed by atoms with Crippen molar-refractivity contribution < 1.29 is 8.42 Å². The summed E-state index contributed by atoms with van der Waals surface area (Å²) < 4.78 is 26.9. The van der Waals surface area contributed by atoms with Gasteiger partial charge < -0.3 is 4.90 Å². The van der Waals surface area contributed by atoms with Crippen molar-refractivity contribution in [2.45, 2.75) is 10.6 Å². The zero-order valence-electron chi connectivity index (χ0n) is 10.2. The van der Waals surface area contributed by atoms with Gasteiger partial charge in [0, 0.05) is 13.6 Å². The number of rotatable bonds is 6. The lowest BCUT2D eigenvalue weighted by molar-refractivity contribution is 0.370. The molecule has 1 aromatic heterocycles. The third-order valence-corrected chi connectivity index (χ3v) is 6.24. The second kappa shape index (κ2) is 6.29. The maximum absolute atomic E-state index is 12.1. The summed E-state index contributed by atoms with van der Waals surface area (Å²) in [4.78, 5) is 2.04. The summed E-state index contributed by atoms with van der Waals surface area (Å²) >= 11 is 4.51. The summed E-state index contributed by atoms with van der Waals surface area (Å²) in [5, 5.41) is 0. The van der Waals surface area contributed by atoms with Crippen LogP contribution >= 0.6 is 27.3 Å². The van der Waals surface area contributed by atoms with E-state index in [1.807, 2.05) is 19.0 Å². The number of sulfonamides is 1. The topological polar surface area (TPSA) is 40.6 Å². The van der Waals surface area contributed by atoms with Gasteiger partial charge in [0.15, 0.2) is 0 Å². The summed E-state index contributed by atoms with van der Waals surface area (Å²) in [6.07, 6.45) is 0.829. The molecular weight excluding hydrogens is 324 g/mol. The van der Waals surface area contributed by atoms with E-state index >= 15 is 0 Å². The van der Waals surface area contributed by atoms with Gasteiger partial charge in [-0.2, -0.15) is 0 Å². The SMILES string of the molecule is CN(C)CCCN(C)S(=O)(=O)c1ccc(Br)s1. The van der Waals surface area contributed by atoms with Gasteiger partial charge in [-0.05, 0) is 55.1 Å². The fourth-order valence-corrected chi connectivity index (χ4v) is 4.75. The van der Waals surface area contributed by atoms with Crippen molar-refractivity contribution in [2.75, 3.05) is 34.2 Å². The first-order valence-corrected chi connectivity index (χ1v) is 8.25. The molecule has 0 aliphatic carbocycles. The average molecular weight is 341 g/mol. The molecule has 1 aromatic rings. The molecule has 0 atom stereocenters. The Kier molecular flexibility index (Phi) is 5.59. The Morgan fingerprint density at radius 2 is 1.88 bits per heavy atom. The van der Waals surface area contributed by atoms with Crippen molar-refractivity contribution in [1.82, 2.24) is 9.21 Å². The second-order valence-electron chi connectivity index (χ2n) is 4.04. The molecule has 0 saturated carbocycles. The first-order valence-electron chi connectivity index (χ1n) is 5.20. The number of hydrogen-bond donors (Lipinski definition) is 0. The predicted molar refractivity (Wildman–Crippen MR) is 75.0 cm³/mol. The van der Waals surface area contributed by atoms with Crippen LogP contribution in [0.4, 0.5) is 0 Å². The van der Waals surface area contributed by atoms with E-state index in [0.29, 0.717) is 10.8 Å². The van der Waals surface area contributed by atoms with Gasteiger partial charge in [-0.1, -0.05) is 0 Å². The minimum absolute atomic E-state index is 0.386. The Balaban J connectivity index is 2.64. The first-order chi connectivity index (χ1) is 7.84. The molecule has 0 radical (unpaired) electrons. The molecule has 7 heteroatoms. The average Bonchev–Trinajstić information content (AvgIpc) is 2.64. The molecule has 0 spiro atoms. The second-order valence-corrected chi connectivity index (χ2v) is 8.78. The van der Waals surface area contributed by atoms with E-state index in [1.165, 1.54) is 15.6 Å². The van der Waals surface area contributed by atoms with Crippen LogP contribution in [0.1, 0.15) is 6.42 Å². The van der Waals surface area contributed by atoms with Crippen LogP contribution in [0.2, 0.25) is 0 Å². The number of hydrogen-bond acceptors (Lipinski definition) is 4. The fraction of sp³-hybridized carbons (Fsp3) is 0.600. The highest BCUT2D eigenvalue weighted by Gasteiger charge is 2.22. The Hall–Kier alpha value is 0.0500. The summed E-state index contributed by atoms with van der Waals surface area (Å²) in [6, 6.07) is 3.39. The third-order valence-electron chi connectivity index (χ3n) is 2.29. The van der Waals surface area contributed by atoms with Crippen molar-refractivity contribution in [2.24, 2.45) is 0 Å². The van der Waals surface area contributed by atoms with Crippen molar-refractivity contribution in [3.8, 4) is 0 Å². The number of halogens is 1. The molecule has 0 unspecified atom stereocenters. The molecule has 1 rings (SSSR count). The highest BCUT2D eigenvalue weighted by molar-refractivity contribution is 9.11. The highest BCUT2D eigenvalue weighted by Crippen LogP contribution is 2.27. The first kappa shape index (κ1) is 15.1. The maximum Gasteiger partial charge on any atom is 0.252 e. The fourth-order valence-electron chi connectivity index (χ4n) is 1.32. The lowest BCUT2D eigenvalue weighted by Gasteiger charge is -2.17. The van der Waals surface area contributed by atoms with Crippen LogP contribution in [0.15, 0.2) is 20.1 Å². The largest absolute Gasteiger partial charge is 0.309 e. The van der Waals surface area contributed by atoms with E-state index in [9.17, 15) is 8.42 Å². The van der Waals surface area contributed by atoms with Gasteiger partial charge in [-0.3, -0.25) is 0 Å². The quantitative estimate of drug-likeness (QED) is 0.796. The van der Waals surface area contributed by atoms with Gasteiger partial charge in [0.25, 0.3) is 10.0 Å². The molecule has 0 amide bonds. The van der Waals surface area contributed by atoms with E-state index in [-0.39, 0.29) is 0 Å². The normalized spacial score (nSPS) is 12.6. The zero-order valence-corrected chi connectivity index (χ0v) is 13.4. The molecule has 0 saturated heterocycles. The Labute approximate surface area is 115 Å². The number of thiophene rings is 1. The Bertz CT molecular complexity index is 457. The van der Waals surface area contributed by atoms with Gasteiger partial charge in [-0.25, -0.2) is 12.7 Å². The standard InChI is InChI=1S/C10H17BrN2O2S2/c1-12(2)7-4-8-13(3)17(14,15)10-6-5-9(11)16-10/h5-6H,4,7-8H2,1-3H3. The van der Waals surface area contributed by atoms with Gasteiger partial charge in [0.05, 0.1) is 3.79 Å². The summed E-state index contributed by atoms with van der Waals surface area (Å²) in [7, 11) is 2.27. The van der Waals surface area contributed by atoms with E-state index in [1.54, 1.807) is 19.2 Å². The van der Waals surface area contributed by atoms with E-state index in [0.717, 1.165) is 16.8 Å². The molecule has 0 aliphatic rings. The van der Waals surface area contributed by atoms with Crippen molar-refractivity contribution in [1.29, 1.82) is 0 Å². The van der Waals surface area contributed by atoms with Crippen molar-refractivity contribution in [3.63, 3.8) is 0 Å². The molecule has 0 N–H and O–H groups in total. The van der Waals surface area contributed by atoms with Crippen LogP contribution in [-0.4, -0.2) is 51.9 Å². The zero-order chi connectivity index (χ0) is 13.1. The molecular formula is C10H17BrN2O2S2. The smallest absolute Gasteiger partial charge is 0.252 e. The van der Waals surface area contributed by atoms with Gasteiger partial charge in [0.2, 0.25) is 0 Å². The Morgan fingerprint density at radius 3 is 2.35 bits per heavy atom. The monoisotopic (exact) mass is 340 g/mol. The van der Waals surface area contributed by atoms with Crippen molar-refractivity contribution in [3.05, 3.63) is 15.9 Å². The van der Waals surface area contributed by atoms with Crippen LogP contribution < -0.4 is 0 Å². The lowest BCUT2D eigenvalue weighted by Crippen LogP contribution is -2.29. The number of nitrogens with zero attached hydrogens (tertiary/aromatic N) is 2. The van der Waals surface area contributed by atoms with Crippen LogP contribution in [0.25, 0.3) is 0 Å².